The van der Waals surface area contributed by atoms with Gasteiger partial charge in [-0.05, 0) is 26.0 Å². The molecule has 2 rings (SSSR count). The fourth-order valence-corrected chi connectivity index (χ4v) is 2.94. The van der Waals surface area contributed by atoms with Gasteiger partial charge in [0.25, 0.3) is 0 Å². The summed E-state index contributed by atoms with van der Waals surface area (Å²) in [4.78, 5) is 7.40. The molecule has 0 spiro atoms. The molecule has 0 atom stereocenters. The highest BCUT2D eigenvalue weighted by molar-refractivity contribution is 7.80. The van der Waals surface area contributed by atoms with Crippen molar-refractivity contribution in [2.45, 2.75) is 26.4 Å². The van der Waals surface area contributed by atoms with Crippen LogP contribution in [0.4, 0.5) is 0 Å². The summed E-state index contributed by atoms with van der Waals surface area (Å²) in [6.45, 7) is 5.73. The Morgan fingerprint density at radius 1 is 1.44 bits per heavy atom. The molecule has 1 aromatic heterocycles. The Bertz CT molecular complexity index is 515. The average molecular weight is 279 g/mol. The first-order valence-corrected chi connectivity index (χ1v) is 7.15. The zero-order valence-corrected chi connectivity index (χ0v) is 12.2. The van der Waals surface area contributed by atoms with Gasteiger partial charge in [0.15, 0.2) is 0 Å². The molecule has 0 unspecified atom stereocenters. The van der Waals surface area contributed by atoms with E-state index in [4.69, 9.17) is 18.0 Å². The highest BCUT2D eigenvalue weighted by atomic mass is 32.1. The Kier molecular flexibility index (Phi) is 4.27. The summed E-state index contributed by atoms with van der Waals surface area (Å²) in [7, 11) is 0. The summed E-state index contributed by atoms with van der Waals surface area (Å²) in [6, 6.07) is 8.60. The fraction of sp³-hybridized carbons (Fsp3) is 0.385. The fourth-order valence-electron chi connectivity index (χ4n) is 1.78. The van der Waals surface area contributed by atoms with Gasteiger partial charge < -0.3 is 5.73 Å². The number of thiazole rings is 1. The molecule has 0 radical (unpaired) electrons. The van der Waals surface area contributed by atoms with Gasteiger partial charge >= 0.3 is 0 Å². The minimum absolute atomic E-state index is 0.401. The van der Waals surface area contributed by atoms with E-state index < -0.39 is 0 Å². The number of thiocarbonyl (C=S) groups is 1. The minimum atomic E-state index is 0.401. The van der Waals surface area contributed by atoms with E-state index in [1.54, 1.807) is 11.3 Å². The van der Waals surface area contributed by atoms with E-state index in [1.807, 2.05) is 18.2 Å². The number of nitrogens with zero attached hydrogens (tertiary/aromatic N) is 2. The third-order valence-electron chi connectivity index (χ3n) is 2.77. The van der Waals surface area contributed by atoms with E-state index in [-0.39, 0.29) is 0 Å². The van der Waals surface area contributed by atoms with Gasteiger partial charge in [-0.15, -0.1) is 11.3 Å². The lowest BCUT2D eigenvalue weighted by atomic mass is 10.3. The molecular weight excluding hydrogens is 262 g/mol. The molecular formula is C13H17N3S2. The first-order chi connectivity index (χ1) is 8.56. The SMILES string of the molecule is CC(C)N(CC(N)=S)Cc1nc2ccccc2s1. The molecule has 0 fully saturated rings. The van der Waals surface area contributed by atoms with E-state index in [0.29, 0.717) is 17.6 Å². The summed E-state index contributed by atoms with van der Waals surface area (Å²) in [5.41, 5.74) is 6.70. The van der Waals surface area contributed by atoms with Gasteiger partial charge in [-0.1, -0.05) is 24.4 Å². The summed E-state index contributed by atoms with van der Waals surface area (Å²) in [5, 5.41) is 1.11. The van der Waals surface area contributed by atoms with Crippen LogP contribution in [0.2, 0.25) is 0 Å². The summed E-state index contributed by atoms with van der Waals surface area (Å²) >= 11 is 6.72. The molecule has 0 aliphatic heterocycles. The first kappa shape index (κ1) is 13.4. The maximum Gasteiger partial charge on any atom is 0.108 e. The summed E-state index contributed by atoms with van der Waals surface area (Å²) in [6.07, 6.45) is 0. The maximum absolute atomic E-state index is 5.63. The molecule has 5 heteroatoms. The van der Waals surface area contributed by atoms with Gasteiger partial charge in [-0.25, -0.2) is 4.98 Å². The second-order valence-corrected chi connectivity index (χ2v) is 6.18. The second-order valence-electron chi connectivity index (χ2n) is 4.54. The molecule has 3 nitrogen and oxygen atoms in total. The number of para-hydroxylation sites is 1. The standard InChI is InChI=1S/C13H17N3S2/c1-9(2)16(7-12(14)17)8-13-15-10-5-3-4-6-11(10)18-13/h3-6,9H,7-8H2,1-2H3,(H2,14,17). The van der Waals surface area contributed by atoms with Crippen molar-refractivity contribution in [2.75, 3.05) is 6.54 Å². The lowest BCUT2D eigenvalue weighted by molar-refractivity contribution is 0.245. The van der Waals surface area contributed by atoms with Crippen LogP contribution in [0.15, 0.2) is 24.3 Å². The molecule has 1 aromatic carbocycles. The van der Waals surface area contributed by atoms with Crippen LogP contribution in [-0.2, 0) is 6.54 Å². The van der Waals surface area contributed by atoms with Crippen molar-refractivity contribution in [3.05, 3.63) is 29.3 Å². The van der Waals surface area contributed by atoms with E-state index in [9.17, 15) is 0 Å². The topological polar surface area (TPSA) is 42.1 Å². The van der Waals surface area contributed by atoms with Crippen molar-refractivity contribution >= 4 is 38.8 Å². The number of nitrogens with two attached hydrogens (primary N) is 1. The lowest BCUT2D eigenvalue weighted by Crippen LogP contribution is -2.37. The average Bonchev–Trinajstić information content (AvgIpc) is 2.69. The molecule has 0 amide bonds. The molecule has 0 aliphatic rings. The number of benzene rings is 1. The van der Waals surface area contributed by atoms with Crippen molar-refractivity contribution in [1.82, 2.24) is 9.88 Å². The van der Waals surface area contributed by atoms with Gasteiger partial charge in [0, 0.05) is 12.6 Å². The highest BCUT2D eigenvalue weighted by Gasteiger charge is 2.13. The van der Waals surface area contributed by atoms with Crippen molar-refractivity contribution in [1.29, 1.82) is 0 Å². The van der Waals surface area contributed by atoms with Gasteiger partial charge in [0.2, 0.25) is 0 Å². The Balaban J connectivity index is 2.17. The van der Waals surface area contributed by atoms with Crippen molar-refractivity contribution in [3.8, 4) is 0 Å². The van der Waals surface area contributed by atoms with Crippen LogP contribution in [0, 0.1) is 0 Å². The molecule has 0 saturated heterocycles. The van der Waals surface area contributed by atoms with Gasteiger partial charge in [0.1, 0.15) is 5.01 Å². The second kappa shape index (κ2) is 5.73. The lowest BCUT2D eigenvalue weighted by Gasteiger charge is -2.24. The van der Waals surface area contributed by atoms with Crippen molar-refractivity contribution < 1.29 is 0 Å². The third-order valence-corrected chi connectivity index (χ3v) is 3.92. The van der Waals surface area contributed by atoms with Gasteiger partial charge in [-0.3, -0.25) is 4.90 Å². The van der Waals surface area contributed by atoms with Crippen molar-refractivity contribution in [2.24, 2.45) is 5.73 Å². The van der Waals surface area contributed by atoms with Crippen LogP contribution in [0.3, 0.4) is 0 Å². The van der Waals surface area contributed by atoms with E-state index in [2.05, 4.69) is 29.8 Å². The Labute approximate surface area is 117 Å². The zero-order valence-electron chi connectivity index (χ0n) is 10.6. The van der Waals surface area contributed by atoms with Crippen LogP contribution >= 0.6 is 23.6 Å². The largest absolute Gasteiger partial charge is 0.392 e. The Morgan fingerprint density at radius 2 is 2.17 bits per heavy atom. The van der Waals surface area contributed by atoms with Gasteiger partial charge in [0.05, 0.1) is 21.7 Å². The molecule has 1 heterocycles. The Morgan fingerprint density at radius 3 is 2.78 bits per heavy atom. The number of aromatic nitrogens is 1. The molecule has 2 N–H and O–H groups in total. The molecule has 18 heavy (non-hydrogen) atoms. The number of rotatable bonds is 5. The van der Waals surface area contributed by atoms with E-state index in [1.165, 1.54) is 4.70 Å². The molecule has 0 saturated carbocycles. The predicted molar refractivity (Wildman–Crippen MR) is 82.0 cm³/mol. The quantitative estimate of drug-likeness (QED) is 0.855. The normalized spacial score (nSPS) is 11.6. The van der Waals surface area contributed by atoms with E-state index >= 15 is 0 Å². The third kappa shape index (κ3) is 3.25. The summed E-state index contributed by atoms with van der Waals surface area (Å²) in [5.74, 6) is 0. The molecule has 0 aliphatic carbocycles. The Hall–Kier alpha value is -1.04. The molecule has 96 valence electrons. The van der Waals surface area contributed by atoms with Crippen LogP contribution in [-0.4, -0.2) is 27.5 Å². The van der Waals surface area contributed by atoms with Crippen LogP contribution in [0.5, 0.6) is 0 Å². The zero-order chi connectivity index (χ0) is 13.1. The highest BCUT2D eigenvalue weighted by Crippen LogP contribution is 2.23. The van der Waals surface area contributed by atoms with Crippen LogP contribution in [0.25, 0.3) is 10.2 Å². The number of hydrogen-bond acceptors (Lipinski definition) is 4. The van der Waals surface area contributed by atoms with Crippen molar-refractivity contribution in [3.63, 3.8) is 0 Å². The number of fused-ring (bicyclic) bond motifs is 1. The number of hydrogen-bond donors (Lipinski definition) is 1. The predicted octanol–water partition coefficient (Wildman–Crippen LogP) is 2.79. The van der Waals surface area contributed by atoms with Crippen LogP contribution < -0.4 is 5.73 Å². The van der Waals surface area contributed by atoms with Crippen LogP contribution in [0.1, 0.15) is 18.9 Å². The monoisotopic (exact) mass is 279 g/mol. The smallest absolute Gasteiger partial charge is 0.108 e. The first-order valence-electron chi connectivity index (χ1n) is 5.93. The molecule has 0 bridgehead atoms. The molecule has 2 aromatic rings. The maximum atomic E-state index is 5.63. The van der Waals surface area contributed by atoms with E-state index in [0.717, 1.165) is 17.1 Å². The summed E-state index contributed by atoms with van der Waals surface area (Å²) < 4.78 is 1.23. The van der Waals surface area contributed by atoms with Gasteiger partial charge in [-0.2, -0.15) is 0 Å². The minimum Gasteiger partial charge on any atom is -0.392 e.